The topological polar surface area (TPSA) is 91.0 Å². The summed E-state index contributed by atoms with van der Waals surface area (Å²) in [5.41, 5.74) is 3.51. The summed E-state index contributed by atoms with van der Waals surface area (Å²) in [5.74, 6) is 0.785. The lowest BCUT2D eigenvalue weighted by Crippen LogP contribution is -2.48. The number of piperazine rings is 1. The first kappa shape index (κ1) is 26.6. The van der Waals surface area contributed by atoms with Gasteiger partial charge >= 0.3 is 12.2 Å². The van der Waals surface area contributed by atoms with Gasteiger partial charge in [0.1, 0.15) is 18.0 Å². The SMILES string of the molecule is CC(C)(C)OC(=O)N1CCCC1c1ncc(-c2ccc(N3CCN(C(=O)OCc4ccccc4)CC3)cc2)[nH]1. The van der Waals surface area contributed by atoms with Crippen molar-refractivity contribution in [1.82, 2.24) is 19.8 Å². The number of anilines is 1. The van der Waals surface area contributed by atoms with E-state index in [-0.39, 0.29) is 24.8 Å². The average molecular weight is 532 g/mol. The molecule has 3 aromatic rings. The number of rotatable bonds is 5. The second-order valence-corrected chi connectivity index (χ2v) is 11.1. The number of ether oxygens (including phenoxy) is 2. The number of carbonyl (C=O) groups is 2. The number of hydrogen-bond donors (Lipinski definition) is 1. The average Bonchev–Trinajstić information content (AvgIpc) is 3.62. The summed E-state index contributed by atoms with van der Waals surface area (Å²) in [6.45, 7) is 9.33. The van der Waals surface area contributed by atoms with Crippen molar-refractivity contribution in [2.45, 2.75) is 51.9 Å². The Labute approximate surface area is 229 Å². The second kappa shape index (κ2) is 11.4. The third kappa shape index (κ3) is 6.53. The summed E-state index contributed by atoms with van der Waals surface area (Å²) < 4.78 is 11.1. The lowest BCUT2D eigenvalue weighted by molar-refractivity contribution is 0.0218. The molecule has 3 heterocycles. The lowest BCUT2D eigenvalue weighted by atomic mass is 10.1. The highest BCUT2D eigenvalue weighted by Gasteiger charge is 2.34. The van der Waals surface area contributed by atoms with Crippen LogP contribution >= 0.6 is 0 Å². The number of aromatic nitrogens is 2. The molecule has 1 aromatic heterocycles. The van der Waals surface area contributed by atoms with Gasteiger partial charge < -0.3 is 24.3 Å². The maximum atomic E-state index is 12.7. The van der Waals surface area contributed by atoms with E-state index in [1.54, 1.807) is 9.80 Å². The zero-order chi connectivity index (χ0) is 27.4. The molecule has 0 saturated carbocycles. The summed E-state index contributed by atoms with van der Waals surface area (Å²) in [6.07, 6.45) is 3.05. The molecule has 2 aliphatic heterocycles. The summed E-state index contributed by atoms with van der Waals surface area (Å²) in [4.78, 5) is 39.0. The molecule has 9 heteroatoms. The minimum Gasteiger partial charge on any atom is -0.445 e. The van der Waals surface area contributed by atoms with Crippen molar-refractivity contribution in [1.29, 1.82) is 0 Å². The number of nitrogens with zero attached hydrogens (tertiary/aromatic N) is 4. The summed E-state index contributed by atoms with van der Waals surface area (Å²) >= 11 is 0. The van der Waals surface area contributed by atoms with Crippen LogP contribution in [0, 0.1) is 0 Å². The van der Waals surface area contributed by atoms with Crippen LogP contribution in [0.2, 0.25) is 0 Å². The largest absolute Gasteiger partial charge is 0.445 e. The van der Waals surface area contributed by atoms with Crippen LogP contribution in [0.15, 0.2) is 60.8 Å². The van der Waals surface area contributed by atoms with E-state index in [0.717, 1.165) is 54.3 Å². The van der Waals surface area contributed by atoms with E-state index in [1.807, 2.05) is 57.3 Å². The van der Waals surface area contributed by atoms with Crippen molar-refractivity contribution in [2.75, 3.05) is 37.6 Å². The van der Waals surface area contributed by atoms with E-state index in [2.05, 4.69) is 39.1 Å². The van der Waals surface area contributed by atoms with Crippen LogP contribution in [0.1, 0.15) is 51.0 Å². The Morgan fingerprint density at radius 2 is 1.67 bits per heavy atom. The van der Waals surface area contributed by atoms with Gasteiger partial charge in [0.2, 0.25) is 0 Å². The van der Waals surface area contributed by atoms with Gasteiger partial charge in [0.25, 0.3) is 0 Å². The molecule has 9 nitrogen and oxygen atoms in total. The first-order valence-electron chi connectivity index (χ1n) is 13.6. The number of imidazole rings is 1. The van der Waals surface area contributed by atoms with Crippen LogP contribution in [-0.4, -0.2) is 70.3 Å². The van der Waals surface area contributed by atoms with Gasteiger partial charge in [-0.3, -0.25) is 4.90 Å². The zero-order valence-electron chi connectivity index (χ0n) is 22.9. The molecule has 2 fully saturated rings. The maximum Gasteiger partial charge on any atom is 0.410 e. The Morgan fingerprint density at radius 3 is 2.36 bits per heavy atom. The fraction of sp³-hybridized carbons (Fsp3) is 0.433. The van der Waals surface area contributed by atoms with Crippen molar-refractivity contribution < 1.29 is 19.1 Å². The number of carbonyl (C=O) groups excluding carboxylic acids is 2. The van der Waals surface area contributed by atoms with Crippen molar-refractivity contribution in [2.24, 2.45) is 0 Å². The number of amides is 2. The number of H-pyrrole nitrogens is 1. The predicted molar refractivity (Wildman–Crippen MR) is 149 cm³/mol. The van der Waals surface area contributed by atoms with Crippen LogP contribution in [0.3, 0.4) is 0 Å². The third-order valence-electron chi connectivity index (χ3n) is 7.08. The van der Waals surface area contributed by atoms with Crippen molar-refractivity contribution >= 4 is 17.9 Å². The number of nitrogens with one attached hydrogen (secondary N) is 1. The van der Waals surface area contributed by atoms with E-state index in [4.69, 9.17) is 9.47 Å². The van der Waals surface area contributed by atoms with E-state index < -0.39 is 5.60 Å². The lowest BCUT2D eigenvalue weighted by Gasteiger charge is -2.35. The van der Waals surface area contributed by atoms with Crippen molar-refractivity contribution in [3.63, 3.8) is 0 Å². The minimum atomic E-state index is -0.529. The molecule has 5 rings (SSSR count). The van der Waals surface area contributed by atoms with Crippen LogP contribution in [0.4, 0.5) is 15.3 Å². The summed E-state index contributed by atoms with van der Waals surface area (Å²) in [5, 5.41) is 0. The Bertz CT molecular complexity index is 1260. The molecule has 2 amide bonds. The van der Waals surface area contributed by atoms with Gasteiger partial charge in [-0.15, -0.1) is 0 Å². The van der Waals surface area contributed by atoms with E-state index in [0.29, 0.717) is 19.6 Å². The standard InChI is InChI=1S/C30H37N5O4/c1-30(2,3)39-29(37)35-15-7-10-26(35)27-31-20-25(32-27)23-11-13-24(14-12-23)33-16-18-34(19-17-33)28(36)38-21-22-8-5-4-6-9-22/h4-6,8-9,11-14,20,26H,7,10,15-19,21H2,1-3H3,(H,31,32). The molecule has 0 aliphatic carbocycles. The molecule has 0 spiro atoms. The van der Waals surface area contributed by atoms with E-state index >= 15 is 0 Å². The number of hydrogen-bond acceptors (Lipinski definition) is 6. The number of benzene rings is 2. The smallest absolute Gasteiger partial charge is 0.410 e. The maximum absolute atomic E-state index is 12.7. The Hall–Kier alpha value is -4.01. The van der Waals surface area contributed by atoms with E-state index in [9.17, 15) is 9.59 Å². The summed E-state index contributed by atoms with van der Waals surface area (Å²) in [6, 6.07) is 18.0. The molecule has 1 N–H and O–H groups in total. The van der Waals surface area contributed by atoms with Crippen LogP contribution in [0.5, 0.6) is 0 Å². The monoisotopic (exact) mass is 531 g/mol. The highest BCUT2D eigenvalue weighted by molar-refractivity contribution is 5.70. The van der Waals surface area contributed by atoms with E-state index in [1.165, 1.54) is 0 Å². The van der Waals surface area contributed by atoms with Crippen LogP contribution in [-0.2, 0) is 16.1 Å². The van der Waals surface area contributed by atoms with Gasteiger partial charge in [0, 0.05) is 38.4 Å². The molecule has 206 valence electrons. The second-order valence-electron chi connectivity index (χ2n) is 11.1. The molecule has 2 saturated heterocycles. The molecular weight excluding hydrogens is 494 g/mol. The molecule has 39 heavy (non-hydrogen) atoms. The Morgan fingerprint density at radius 1 is 0.949 bits per heavy atom. The Balaban J connectivity index is 1.15. The Kier molecular flexibility index (Phi) is 7.77. The first-order chi connectivity index (χ1) is 18.8. The molecule has 1 atom stereocenters. The summed E-state index contributed by atoms with van der Waals surface area (Å²) in [7, 11) is 0. The third-order valence-corrected chi connectivity index (χ3v) is 7.08. The number of aromatic amines is 1. The molecule has 0 radical (unpaired) electrons. The highest BCUT2D eigenvalue weighted by Crippen LogP contribution is 2.33. The van der Waals surface area contributed by atoms with Gasteiger partial charge in [-0.1, -0.05) is 42.5 Å². The quantitative estimate of drug-likeness (QED) is 0.460. The fourth-order valence-electron chi connectivity index (χ4n) is 5.05. The van der Waals surface area contributed by atoms with Crippen molar-refractivity contribution in [3.05, 3.63) is 72.2 Å². The molecule has 2 aromatic carbocycles. The predicted octanol–water partition coefficient (Wildman–Crippen LogP) is 5.61. The van der Waals surface area contributed by atoms with Crippen LogP contribution in [0.25, 0.3) is 11.3 Å². The van der Waals surface area contributed by atoms with Gasteiger partial charge in [-0.2, -0.15) is 0 Å². The van der Waals surface area contributed by atoms with Gasteiger partial charge in [-0.05, 0) is 56.9 Å². The number of likely N-dealkylation sites (tertiary alicyclic amines) is 1. The zero-order valence-corrected chi connectivity index (χ0v) is 22.9. The van der Waals surface area contributed by atoms with Gasteiger partial charge in [-0.25, -0.2) is 14.6 Å². The molecule has 0 bridgehead atoms. The molecule has 2 aliphatic rings. The fourth-order valence-corrected chi connectivity index (χ4v) is 5.05. The van der Waals surface area contributed by atoms with Crippen LogP contribution < -0.4 is 4.90 Å². The first-order valence-corrected chi connectivity index (χ1v) is 13.6. The molecule has 1 unspecified atom stereocenters. The normalized spacial score (nSPS) is 17.8. The van der Waals surface area contributed by atoms with Gasteiger partial charge in [0.15, 0.2) is 0 Å². The minimum absolute atomic E-state index is 0.108. The van der Waals surface area contributed by atoms with Gasteiger partial charge in [0.05, 0.1) is 17.9 Å². The highest BCUT2D eigenvalue weighted by atomic mass is 16.6. The molecular formula is C30H37N5O4. The van der Waals surface area contributed by atoms with Crippen molar-refractivity contribution in [3.8, 4) is 11.3 Å².